The van der Waals surface area contributed by atoms with E-state index in [4.69, 9.17) is 4.74 Å². The number of Topliss-reactive ketones (excluding diaryl/α,β-unsaturated/α-hetero) is 1. The molecule has 0 aliphatic heterocycles. The number of aromatic nitrogens is 2. The van der Waals surface area contributed by atoms with Gasteiger partial charge in [0, 0.05) is 24.6 Å². The Kier molecular flexibility index (Phi) is 12.3. The van der Waals surface area contributed by atoms with Crippen molar-refractivity contribution in [2.45, 2.75) is 207 Å². The second-order valence-corrected chi connectivity index (χ2v) is 21.2. The molecule has 14 rings (SSSR count). The van der Waals surface area contributed by atoms with Crippen molar-refractivity contribution in [3.63, 3.8) is 0 Å². The fourth-order valence-corrected chi connectivity index (χ4v) is 11.1. The van der Waals surface area contributed by atoms with Crippen molar-refractivity contribution >= 4 is 16.8 Å². The van der Waals surface area contributed by atoms with Gasteiger partial charge in [-0.1, -0.05) is 46.8 Å². The number of nitrogens with zero attached hydrogens (tertiary/aromatic N) is 2. The number of benzene rings is 1. The Morgan fingerprint density at radius 1 is 0.642 bits per heavy atom. The molecule has 0 unspecified atom stereocenters. The molecule has 296 valence electrons. The first-order chi connectivity index (χ1) is 25.0. The van der Waals surface area contributed by atoms with Gasteiger partial charge < -0.3 is 9.84 Å². The fraction of sp³-hybridized carbons (Fsp3) is 0.812. The van der Waals surface area contributed by atoms with Crippen LogP contribution in [0.3, 0.4) is 0 Å². The summed E-state index contributed by atoms with van der Waals surface area (Å²) in [6, 6.07) is 7.86. The van der Waals surface area contributed by atoms with E-state index in [2.05, 4.69) is 51.5 Å². The molecule has 5 nitrogen and oxygen atoms in total. The zero-order chi connectivity index (χ0) is 38.0. The van der Waals surface area contributed by atoms with E-state index in [1.807, 2.05) is 31.2 Å². The Bertz CT molecular complexity index is 1390. The first-order valence-corrected chi connectivity index (χ1v) is 22.1. The van der Waals surface area contributed by atoms with Crippen molar-refractivity contribution in [3.8, 4) is 0 Å². The summed E-state index contributed by atoms with van der Waals surface area (Å²) in [5.41, 5.74) is 5.87. The van der Waals surface area contributed by atoms with Gasteiger partial charge in [0.15, 0.2) is 0 Å². The minimum absolute atomic E-state index is 0.106. The van der Waals surface area contributed by atoms with E-state index >= 15 is 0 Å². The number of hydrogen-bond donors (Lipinski definition) is 1. The SMILES string of the molecule is CC12CCC(C)(CC1)CC2.CC12CCC(CC1)CC2=O.CC12CCC(O)(CC1)CC2.CCOC12CCC(C)(CC1)CC2.Cc1cnc2ccccc2n1. The normalized spacial score (nSPS) is 41.5. The molecule has 5 heteroatoms. The van der Waals surface area contributed by atoms with Gasteiger partial charge in [-0.25, -0.2) is 4.98 Å². The van der Waals surface area contributed by atoms with Crippen molar-refractivity contribution in [2.24, 2.45) is 33.0 Å². The molecule has 0 spiro atoms. The number of aryl methyl sites for hydroxylation is 1. The summed E-state index contributed by atoms with van der Waals surface area (Å²) in [6.45, 7) is 16.9. The molecule has 0 saturated heterocycles. The number of carbonyl (C=O) groups excluding carboxylic acids is 1. The molecule has 2 aromatic rings. The lowest BCUT2D eigenvalue weighted by molar-refractivity contribution is -0.136. The summed E-state index contributed by atoms with van der Waals surface area (Å²) < 4.78 is 5.90. The number of rotatable bonds is 2. The van der Waals surface area contributed by atoms with E-state index < -0.39 is 0 Å². The smallest absolute Gasteiger partial charge is 0.139 e. The van der Waals surface area contributed by atoms with Gasteiger partial charge in [-0.2, -0.15) is 0 Å². The first-order valence-electron chi connectivity index (χ1n) is 22.1. The first kappa shape index (κ1) is 40.8. The lowest BCUT2D eigenvalue weighted by Gasteiger charge is -2.51. The molecule has 12 fully saturated rings. The van der Waals surface area contributed by atoms with Crippen LogP contribution in [-0.4, -0.2) is 38.7 Å². The Labute approximate surface area is 323 Å². The quantitative estimate of drug-likeness (QED) is 0.333. The maximum Gasteiger partial charge on any atom is 0.139 e. The molecule has 0 atom stereocenters. The molecule has 1 aromatic heterocycles. The van der Waals surface area contributed by atoms with Crippen LogP contribution in [0.5, 0.6) is 0 Å². The third-order valence-electron chi connectivity index (χ3n) is 16.5. The minimum atomic E-state index is -0.238. The van der Waals surface area contributed by atoms with Gasteiger partial charge in [0.05, 0.1) is 27.9 Å². The van der Waals surface area contributed by atoms with Crippen molar-refractivity contribution in [1.29, 1.82) is 0 Å². The molecule has 12 saturated carbocycles. The van der Waals surface area contributed by atoms with Gasteiger partial charge in [-0.05, 0) is 195 Å². The van der Waals surface area contributed by atoms with Crippen LogP contribution in [0.15, 0.2) is 30.5 Å². The average molecular weight is 729 g/mol. The van der Waals surface area contributed by atoms with Gasteiger partial charge in [0.2, 0.25) is 0 Å². The molecule has 53 heavy (non-hydrogen) atoms. The maximum atomic E-state index is 11.4. The van der Waals surface area contributed by atoms with E-state index in [1.165, 1.54) is 109 Å². The third kappa shape index (κ3) is 10.1. The summed E-state index contributed by atoms with van der Waals surface area (Å²) in [5, 5.41) is 9.83. The predicted molar refractivity (Wildman–Crippen MR) is 219 cm³/mol. The highest BCUT2D eigenvalue weighted by atomic mass is 16.5. The molecular formula is C48H76N2O3. The third-order valence-corrected chi connectivity index (χ3v) is 16.5. The zero-order valence-corrected chi connectivity index (χ0v) is 35.1. The summed E-state index contributed by atoms with van der Waals surface area (Å²) in [7, 11) is 0. The Hall–Kier alpha value is -1.85. The van der Waals surface area contributed by atoms with Crippen LogP contribution >= 0.6 is 0 Å². The van der Waals surface area contributed by atoms with Crippen molar-refractivity contribution in [2.75, 3.05) is 6.61 Å². The maximum absolute atomic E-state index is 11.4. The number of hydrogen-bond acceptors (Lipinski definition) is 5. The lowest BCUT2D eigenvalue weighted by Crippen LogP contribution is -2.46. The van der Waals surface area contributed by atoms with Gasteiger partial charge in [-0.3, -0.25) is 9.78 Å². The Balaban J connectivity index is 0.000000114. The summed E-state index contributed by atoms with van der Waals surface area (Å²) >= 11 is 0. The van der Waals surface area contributed by atoms with Crippen molar-refractivity contribution in [1.82, 2.24) is 9.97 Å². The molecule has 0 amide bonds. The van der Waals surface area contributed by atoms with Crippen LogP contribution in [0, 0.1) is 39.9 Å². The van der Waals surface area contributed by atoms with Crippen LogP contribution in [0.25, 0.3) is 11.0 Å². The largest absolute Gasteiger partial charge is 0.390 e. The monoisotopic (exact) mass is 729 g/mol. The summed E-state index contributed by atoms with van der Waals surface area (Å²) in [6.07, 6.45) is 31.7. The molecule has 1 aromatic carbocycles. The van der Waals surface area contributed by atoms with Crippen LogP contribution in [0.4, 0.5) is 0 Å². The molecule has 8 bridgehead atoms. The van der Waals surface area contributed by atoms with Gasteiger partial charge in [0.25, 0.3) is 0 Å². The lowest BCUT2D eigenvalue weighted by atomic mass is 9.55. The van der Waals surface area contributed by atoms with Gasteiger partial charge in [-0.15, -0.1) is 0 Å². The standard InChI is InChI=1S/C11H20O.C10H18.C9H8N2.C9H16O.C9H14O/c1-3-12-11-7-4-10(2,5-8-11)6-9-11;1-9-3-6-10(2,7-4-9)8-5-9;1-7-6-10-8-4-2-3-5-9(8)11-7;1-8-2-5-9(10,6-3-8)7-4-8;1-9-4-2-7(3-5-9)6-8(9)10/h3-9H2,1-2H3;3-8H2,1-2H3;2-6H,1H3;10H,2-7H2,1H3;7H,2-6H2,1H3. The molecule has 0 radical (unpaired) electrons. The zero-order valence-electron chi connectivity index (χ0n) is 35.1. The van der Waals surface area contributed by atoms with Gasteiger partial charge in [0.1, 0.15) is 5.78 Å². The predicted octanol–water partition coefficient (Wildman–Crippen LogP) is 12.7. The fourth-order valence-electron chi connectivity index (χ4n) is 11.1. The number of aliphatic hydroxyl groups is 1. The number of fused-ring (bicyclic) bond motifs is 13. The van der Waals surface area contributed by atoms with Crippen LogP contribution in [0.2, 0.25) is 0 Å². The average Bonchev–Trinajstić information content (AvgIpc) is 3.16. The van der Waals surface area contributed by atoms with E-state index in [9.17, 15) is 9.90 Å². The van der Waals surface area contributed by atoms with E-state index in [1.54, 1.807) is 6.20 Å². The number of ketones is 1. The molecule has 12 aliphatic carbocycles. The van der Waals surface area contributed by atoms with E-state index in [-0.39, 0.29) is 11.0 Å². The van der Waals surface area contributed by atoms with E-state index in [0.717, 1.165) is 78.6 Å². The summed E-state index contributed by atoms with van der Waals surface area (Å²) in [5.74, 6) is 1.30. The van der Waals surface area contributed by atoms with Gasteiger partial charge >= 0.3 is 0 Å². The highest BCUT2D eigenvalue weighted by molar-refractivity contribution is 5.86. The van der Waals surface area contributed by atoms with Crippen LogP contribution in [-0.2, 0) is 9.53 Å². The van der Waals surface area contributed by atoms with E-state index in [0.29, 0.717) is 22.2 Å². The molecule has 1 heterocycles. The highest BCUT2D eigenvalue weighted by Gasteiger charge is 2.47. The topological polar surface area (TPSA) is 72.3 Å². The molecular weight excluding hydrogens is 653 g/mol. The minimum Gasteiger partial charge on any atom is -0.390 e. The summed E-state index contributed by atoms with van der Waals surface area (Å²) in [4.78, 5) is 19.9. The Morgan fingerprint density at radius 3 is 1.43 bits per heavy atom. The number of ether oxygens (including phenoxy) is 1. The number of para-hydroxylation sites is 2. The van der Waals surface area contributed by atoms with Crippen LogP contribution < -0.4 is 0 Å². The Morgan fingerprint density at radius 2 is 1.06 bits per heavy atom. The number of carbonyl (C=O) groups is 1. The highest BCUT2D eigenvalue weighted by Crippen LogP contribution is 2.56. The van der Waals surface area contributed by atoms with Crippen molar-refractivity contribution in [3.05, 3.63) is 36.2 Å². The van der Waals surface area contributed by atoms with Crippen LogP contribution in [0.1, 0.15) is 195 Å². The molecule has 12 aliphatic rings. The second-order valence-electron chi connectivity index (χ2n) is 21.2. The van der Waals surface area contributed by atoms with Crippen molar-refractivity contribution < 1.29 is 14.6 Å². The molecule has 1 N–H and O–H groups in total. The second kappa shape index (κ2) is 16.0.